The largest absolute Gasteiger partial charge is 0.311 e. The van der Waals surface area contributed by atoms with Crippen molar-refractivity contribution >= 4 is 27.8 Å². The van der Waals surface area contributed by atoms with E-state index < -0.39 is 0 Å². The van der Waals surface area contributed by atoms with Gasteiger partial charge in [-0.25, -0.2) is 0 Å². The first-order chi connectivity index (χ1) is 17.3. The minimum Gasteiger partial charge on any atom is -0.311 e. The van der Waals surface area contributed by atoms with Crippen LogP contribution in [0.15, 0.2) is 152 Å². The third-order valence-electron chi connectivity index (χ3n) is 6.46. The molecule has 6 rings (SSSR count). The highest BCUT2D eigenvalue weighted by Crippen LogP contribution is 2.36. The van der Waals surface area contributed by atoms with Crippen molar-refractivity contribution in [3.63, 3.8) is 0 Å². The summed E-state index contributed by atoms with van der Waals surface area (Å²) in [5.41, 5.74) is 8.29. The fourth-order valence-corrected chi connectivity index (χ4v) is 4.63. The van der Waals surface area contributed by atoms with Gasteiger partial charge in [0.1, 0.15) is 0 Å². The molecule has 0 heterocycles. The van der Waals surface area contributed by atoms with Crippen LogP contribution in [0.25, 0.3) is 33.0 Å². The predicted octanol–water partition coefficient (Wildman–Crippen LogP) is 9.64. The second kappa shape index (κ2) is 9.32. The lowest BCUT2D eigenvalue weighted by atomic mass is 10.0. The Morgan fingerprint density at radius 2 is 0.714 bits per heavy atom. The molecule has 0 fully saturated rings. The molecule has 0 aliphatic heterocycles. The summed E-state index contributed by atoms with van der Waals surface area (Å²) in [5, 5.41) is 2.53. The second-order valence-corrected chi connectivity index (χ2v) is 8.69. The summed E-state index contributed by atoms with van der Waals surface area (Å²) in [7, 11) is 0. The van der Waals surface area contributed by atoms with E-state index in [0.717, 1.165) is 17.1 Å². The van der Waals surface area contributed by atoms with Crippen molar-refractivity contribution in [2.45, 2.75) is 0 Å². The van der Waals surface area contributed by atoms with Crippen molar-refractivity contribution < 1.29 is 0 Å². The van der Waals surface area contributed by atoms with Crippen LogP contribution in [0.3, 0.4) is 0 Å². The van der Waals surface area contributed by atoms with Gasteiger partial charge in [-0.1, -0.05) is 109 Å². The minimum absolute atomic E-state index is 1.13. The predicted molar refractivity (Wildman–Crippen MR) is 150 cm³/mol. The molecule has 35 heavy (non-hydrogen) atoms. The highest BCUT2D eigenvalue weighted by atomic mass is 15.1. The summed E-state index contributed by atoms with van der Waals surface area (Å²) >= 11 is 0. The van der Waals surface area contributed by atoms with Crippen LogP contribution < -0.4 is 4.90 Å². The lowest BCUT2D eigenvalue weighted by Gasteiger charge is -2.26. The Hall–Kier alpha value is -4.62. The maximum Gasteiger partial charge on any atom is 0.0462 e. The number of para-hydroxylation sites is 1. The molecular weight excluding hydrogens is 422 g/mol. The van der Waals surface area contributed by atoms with Gasteiger partial charge in [-0.05, 0) is 75.5 Å². The first-order valence-corrected chi connectivity index (χ1v) is 12.0. The molecule has 0 saturated carbocycles. The van der Waals surface area contributed by atoms with E-state index in [0.29, 0.717) is 0 Å². The highest BCUT2D eigenvalue weighted by Gasteiger charge is 2.13. The van der Waals surface area contributed by atoms with E-state index in [2.05, 4.69) is 157 Å². The van der Waals surface area contributed by atoms with Crippen molar-refractivity contribution in [2.24, 2.45) is 0 Å². The topological polar surface area (TPSA) is 3.24 Å². The zero-order valence-corrected chi connectivity index (χ0v) is 19.4. The summed E-state index contributed by atoms with van der Waals surface area (Å²) < 4.78 is 0. The normalized spacial score (nSPS) is 10.9. The highest BCUT2D eigenvalue weighted by molar-refractivity contribution is 5.88. The molecule has 0 aliphatic rings. The molecule has 0 amide bonds. The lowest BCUT2D eigenvalue weighted by Crippen LogP contribution is -2.09. The standard InChI is InChI=1S/C34H25N/c1-3-9-26(10-4-1)28-17-21-33(22-18-28)35(32-13-5-2-6-14-32)34-23-19-29(20-24-34)31-16-15-27-11-7-8-12-30(27)25-31/h1-25H. The summed E-state index contributed by atoms with van der Waals surface area (Å²) in [6, 6.07) is 53.9. The zero-order valence-electron chi connectivity index (χ0n) is 19.4. The molecule has 6 aromatic carbocycles. The van der Waals surface area contributed by atoms with Gasteiger partial charge >= 0.3 is 0 Å². The zero-order chi connectivity index (χ0) is 23.5. The molecule has 6 aromatic rings. The van der Waals surface area contributed by atoms with Crippen molar-refractivity contribution in [3.8, 4) is 22.3 Å². The van der Waals surface area contributed by atoms with Crippen molar-refractivity contribution in [1.82, 2.24) is 0 Å². The number of rotatable bonds is 5. The molecule has 0 aromatic heterocycles. The third kappa shape index (κ3) is 4.32. The average molecular weight is 448 g/mol. The fourth-order valence-electron chi connectivity index (χ4n) is 4.63. The van der Waals surface area contributed by atoms with Crippen LogP contribution in [-0.4, -0.2) is 0 Å². The monoisotopic (exact) mass is 447 g/mol. The maximum atomic E-state index is 2.30. The molecule has 166 valence electrons. The van der Waals surface area contributed by atoms with Gasteiger partial charge in [-0.15, -0.1) is 0 Å². The Kier molecular flexibility index (Phi) is 5.58. The number of anilines is 3. The van der Waals surface area contributed by atoms with E-state index in [1.807, 2.05) is 0 Å². The Morgan fingerprint density at radius 1 is 0.286 bits per heavy atom. The fraction of sp³-hybridized carbons (Fsp3) is 0. The van der Waals surface area contributed by atoms with Gasteiger partial charge in [0.2, 0.25) is 0 Å². The minimum atomic E-state index is 1.13. The molecule has 1 heteroatoms. The first kappa shape index (κ1) is 20.9. The second-order valence-electron chi connectivity index (χ2n) is 8.69. The number of fused-ring (bicyclic) bond motifs is 1. The molecule has 0 N–H and O–H groups in total. The van der Waals surface area contributed by atoms with Gasteiger partial charge in [0.05, 0.1) is 0 Å². The van der Waals surface area contributed by atoms with Gasteiger partial charge in [-0.3, -0.25) is 0 Å². The van der Waals surface area contributed by atoms with Crippen LogP contribution >= 0.6 is 0 Å². The van der Waals surface area contributed by atoms with Crippen LogP contribution in [-0.2, 0) is 0 Å². The van der Waals surface area contributed by atoms with Crippen molar-refractivity contribution in [3.05, 3.63) is 152 Å². The molecule has 0 radical (unpaired) electrons. The quantitative estimate of drug-likeness (QED) is 0.254. The summed E-state index contributed by atoms with van der Waals surface area (Å²) in [5.74, 6) is 0. The van der Waals surface area contributed by atoms with Crippen molar-refractivity contribution in [2.75, 3.05) is 4.90 Å². The first-order valence-electron chi connectivity index (χ1n) is 12.0. The summed E-state index contributed by atoms with van der Waals surface area (Å²) in [6.07, 6.45) is 0. The molecule has 0 unspecified atom stereocenters. The van der Waals surface area contributed by atoms with Crippen LogP contribution in [0.1, 0.15) is 0 Å². The summed E-state index contributed by atoms with van der Waals surface area (Å²) in [4.78, 5) is 2.30. The van der Waals surface area contributed by atoms with Gasteiger partial charge in [-0.2, -0.15) is 0 Å². The van der Waals surface area contributed by atoms with Crippen LogP contribution in [0.4, 0.5) is 17.1 Å². The maximum absolute atomic E-state index is 2.30. The van der Waals surface area contributed by atoms with E-state index in [1.165, 1.54) is 33.0 Å². The van der Waals surface area contributed by atoms with Crippen LogP contribution in [0.2, 0.25) is 0 Å². The van der Waals surface area contributed by atoms with Gasteiger partial charge in [0.15, 0.2) is 0 Å². The SMILES string of the molecule is c1ccc(-c2ccc(N(c3ccccc3)c3ccc(-c4ccc5ccccc5c4)cc3)cc2)cc1. The van der Waals surface area contributed by atoms with E-state index in [1.54, 1.807) is 0 Å². The van der Waals surface area contributed by atoms with Crippen molar-refractivity contribution in [1.29, 1.82) is 0 Å². The van der Waals surface area contributed by atoms with Gasteiger partial charge in [0, 0.05) is 17.1 Å². The molecule has 0 bridgehead atoms. The molecule has 0 saturated heterocycles. The number of nitrogens with zero attached hydrogens (tertiary/aromatic N) is 1. The number of benzene rings is 6. The van der Waals surface area contributed by atoms with Gasteiger partial charge in [0.25, 0.3) is 0 Å². The Bertz CT molecular complexity index is 1550. The molecular formula is C34H25N. The Balaban J connectivity index is 1.36. The summed E-state index contributed by atoms with van der Waals surface area (Å²) in [6.45, 7) is 0. The van der Waals surface area contributed by atoms with E-state index in [9.17, 15) is 0 Å². The smallest absolute Gasteiger partial charge is 0.0462 e. The number of hydrogen-bond acceptors (Lipinski definition) is 1. The average Bonchev–Trinajstić information content (AvgIpc) is 2.95. The van der Waals surface area contributed by atoms with Gasteiger partial charge < -0.3 is 4.90 Å². The molecule has 0 atom stereocenters. The van der Waals surface area contributed by atoms with Crippen LogP contribution in [0.5, 0.6) is 0 Å². The number of hydrogen-bond donors (Lipinski definition) is 0. The lowest BCUT2D eigenvalue weighted by molar-refractivity contribution is 1.28. The molecule has 0 spiro atoms. The van der Waals surface area contributed by atoms with Crippen LogP contribution in [0, 0.1) is 0 Å². The Labute approximate surface area is 206 Å². The van der Waals surface area contributed by atoms with E-state index >= 15 is 0 Å². The molecule has 0 aliphatic carbocycles. The third-order valence-corrected chi connectivity index (χ3v) is 6.46. The van der Waals surface area contributed by atoms with E-state index in [4.69, 9.17) is 0 Å². The van der Waals surface area contributed by atoms with E-state index in [-0.39, 0.29) is 0 Å². The Morgan fingerprint density at radius 3 is 1.34 bits per heavy atom. The molecule has 1 nitrogen and oxygen atoms in total.